The molecular weight excluding hydrogens is 290 g/mol. The van der Waals surface area contributed by atoms with E-state index in [0.29, 0.717) is 0 Å². The van der Waals surface area contributed by atoms with Gasteiger partial charge in [-0.1, -0.05) is 31.9 Å². The van der Waals surface area contributed by atoms with Crippen molar-refractivity contribution in [3.63, 3.8) is 0 Å². The van der Waals surface area contributed by atoms with Crippen LogP contribution in [0.1, 0.15) is 0 Å². The van der Waals surface area contributed by atoms with E-state index in [1.54, 1.807) is 5.16 Å². The monoisotopic (exact) mass is 293 g/mol. The molecule has 0 heterocycles. The molecule has 0 saturated heterocycles. The van der Waals surface area contributed by atoms with Crippen LogP contribution in [0, 0.1) is 5.41 Å². The molecule has 0 aliphatic heterocycles. The molecule has 0 aliphatic rings. The lowest BCUT2D eigenvalue weighted by atomic mass is 10.4. The molecule has 0 aliphatic carbocycles. The Hall–Kier alpha value is -0.0200. The molecule has 0 fully saturated rings. The van der Waals surface area contributed by atoms with Crippen LogP contribution in [0.15, 0.2) is 33.2 Å². The van der Waals surface area contributed by atoms with Gasteiger partial charge in [-0.05, 0) is 36.5 Å². The number of isothiocyanates is 1. The Kier molecular flexibility index (Phi) is 6.66. The first-order valence-electron chi connectivity index (χ1n) is 2.65. The Labute approximate surface area is 87.6 Å². The highest BCUT2D eigenvalue weighted by Gasteiger charge is 1.83. The number of benzene rings is 1. The van der Waals surface area contributed by atoms with E-state index in [9.17, 15) is 0 Å². The number of thiocarbonyl (C=S) groups is 1. The van der Waals surface area contributed by atoms with E-state index in [1.165, 1.54) is 0 Å². The van der Waals surface area contributed by atoms with Gasteiger partial charge in [0.1, 0.15) is 0 Å². The van der Waals surface area contributed by atoms with Crippen LogP contribution in [0.25, 0.3) is 0 Å². The van der Waals surface area contributed by atoms with Crippen LogP contribution in [-0.4, -0.2) is 5.16 Å². The van der Waals surface area contributed by atoms with Gasteiger partial charge in [0, 0.05) is 8.95 Å². The molecule has 1 N–H and O–H groups in total. The lowest BCUT2D eigenvalue weighted by Gasteiger charge is -1.86. The van der Waals surface area contributed by atoms with E-state index in [1.807, 2.05) is 24.3 Å². The number of halogens is 2. The van der Waals surface area contributed by atoms with Gasteiger partial charge in [-0.2, -0.15) is 0 Å². The van der Waals surface area contributed by atoms with Crippen LogP contribution in [-0.2, 0) is 0 Å². The summed E-state index contributed by atoms with van der Waals surface area (Å²) in [6, 6.07) is 7.96. The molecule has 0 atom stereocenters. The third kappa shape index (κ3) is 6.38. The largest absolute Gasteiger partial charge is 0.248 e. The minimum Gasteiger partial charge on any atom is -0.248 e. The first kappa shape index (κ1) is 11.0. The summed E-state index contributed by atoms with van der Waals surface area (Å²) in [7, 11) is 0. The van der Waals surface area contributed by atoms with Crippen molar-refractivity contribution in [2.24, 2.45) is 0 Å². The molecule has 0 amide bonds. The Morgan fingerprint density at radius 1 is 1.09 bits per heavy atom. The predicted octanol–water partition coefficient (Wildman–Crippen LogP) is 3.88. The van der Waals surface area contributed by atoms with Crippen molar-refractivity contribution >= 4 is 49.2 Å². The van der Waals surface area contributed by atoms with Gasteiger partial charge < -0.3 is 0 Å². The fraction of sp³-hybridized carbons (Fsp3) is 0. The average molecular weight is 295 g/mol. The lowest BCUT2D eigenvalue weighted by Crippen LogP contribution is -1.61. The zero-order valence-electron chi connectivity index (χ0n) is 5.47. The summed E-state index contributed by atoms with van der Waals surface area (Å²) in [6.45, 7) is 0. The molecule has 0 unspecified atom stereocenters. The fourth-order valence-corrected chi connectivity index (χ4v) is 0.958. The SMILES string of the molecule is Brc1ccc(Br)cc1.N=C=S. The van der Waals surface area contributed by atoms with Crippen LogP contribution in [0.2, 0.25) is 0 Å². The van der Waals surface area contributed by atoms with Crippen molar-refractivity contribution in [1.82, 2.24) is 0 Å². The third-order valence-electron chi connectivity index (χ3n) is 0.804. The molecule has 0 spiro atoms. The second-order valence-electron chi connectivity index (χ2n) is 1.54. The minimum absolute atomic E-state index is 1.11. The predicted molar refractivity (Wildman–Crippen MR) is 57.2 cm³/mol. The second kappa shape index (κ2) is 6.68. The van der Waals surface area contributed by atoms with Crippen LogP contribution in [0.3, 0.4) is 0 Å². The summed E-state index contributed by atoms with van der Waals surface area (Å²) in [4.78, 5) is 0. The van der Waals surface area contributed by atoms with Gasteiger partial charge >= 0.3 is 0 Å². The third-order valence-corrected chi connectivity index (χ3v) is 1.86. The van der Waals surface area contributed by atoms with E-state index in [4.69, 9.17) is 5.41 Å². The zero-order chi connectivity index (χ0) is 8.69. The van der Waals surface area contributed by atoms with Crippen LogP contribution >= 0.6 is 44.1 Å². The van der Waals surface area contributed by atoms with Gasteiger partial charge in [0.25, 0.3) is 0 Å². The van der Waals surface area contributed by atoms with E-state index in [-0.39, 0.29) is 0 Å². The van der Waals surface area contributed by atoms with Gasteiger partial charge in [0.05, 0.1) is 5.16 Å². The topological polar surface area (TPSA) is 23.9 Å². The smallest absolute Gasteiger partial charge is 0.0554 e. The molecule has 1 rings (SSSR count). The van der Waals surface area contributed by atoms with Crippen molar-refractivity contribution in [3.8, 4) is 0 Å². The Morgan fingerprint density at radius 3 is 1.45 bits per heavy atom. The quantitative estimate of drug-likeness (QED) is 0.570. The van der Waals surface area contributed by atoms with Crippen molar-refractivity contribution in [2.75, 3.05) is 0 Å². The Balaban J connectivity index is 0.000000292. The number of hydrogen-bond donors (Lipinski definition) is 1. The summed E-state index contributed by atoms with van der Waals surface area (Å²) in [5.74, 6) is 0. The van der Waals surface area contributed by atoms with Gasteiger partial charge in [-0.15, -0.1) is 0 Å². The normalized spacial score (nSPS) is 7.45. The lowest BCUT2D eigenvalue weighted by molar-refractivity contribution is 1.61. The Morgan fingerprint density at radius 2 is 1.27 bits per heavy atom. The highest BCUT2D eigenvalue weighted by atomic mass is 79.9. The van der Waals surface area contributed by atoms with Crippen molar-refractivity contribution in [3.05, 3.63) is 33.2 Å². The maximum Gasteiger partial charge on any atom is 0.0554 e. The molecule has 4 heteroatoms. The molecule has 0 aromatic heterocycles. The maximum absolute atomic E-state index is 5.77. The molecule has 1 aromatic rings. The molecule has 58 valence electrons. The highest BCUT2D eigenvalue weighted by molar-refractivity contribution is 9.11. The summed E-state index contributed by atoms with van der Waals surface area (Å²) in [5.41, 5.74) is 0. The van der Waals surface area contributed by atoms with Crippen molar-refractivity contribution in [1.29, 1.82) is 5.41 Å². The molecular formula is C7H5Br2NS. The van der Waals surface area contributed by atoms with E-state index >= 15 is 0 Å². The van der Waals surface area contributed by atoms with E-state index in [2.05, 4.69) is 44.1 Å². The minimum atomic E-state index is 1.11. The summed E-state index contributed by atoms with van der Waals surface area (Å²) < 4.78 is 2.22. The maximum atomic E-state index is 5.77. The van der Waals surface area contributed by atoms with Crippen molar-refractivity contribution in [2.45, 2.75) is 0 Å². The van der Waals surface area contributed by atoms with E-state index in [0.717, 1.165) is 8.95 Å². The van der Waals surface area contributed by atoms with Gasteiger partial charge in [-0.25, -0.2) is 5.41 Å². The Bertz CT molecular complexity index is 218. The molecule has 1 aromatic carbocycles. The molecule has 11 heavy (non-hydrogen) atoms. The zero-order valence-corrected chi connectivity index (χ0v) is 9.46. The highest BCUT2D eigenvalue weighted by Crippen LogP contribution is 2.13. The first-order chi connectivity index (χ1) is 5.20. The van der Waals surface area contributed by atoms with Crippen molar-refractivity contribution < 1.29 is 0 Å². The molecule has 0 saturated carbocycles. The summed E-state index contributed by atoms with van der Waals surface area (Å²) in [5, 5.41) is 7.36. The number of nitrogens with one attached hydrogen (secondary N) is 1. The molecule has 1 nitrogen and oxygen atoms in total. The van der Waals surface area contributed by atoms with Crippen LogP contribution in [0.4, 0.5) is 0 Å². The van der Waals surface area contributed by atoms with Gasteiger partial charge in [-0.3, -0.25) is 0 Å². The van der Waals surface area contributed by atoms with Gasteiger partial charge in [0.15, 0.2) is 0 Å². The second-order valence-corrected chi connectivity index (χ2v) is 3.57. The number of hydrogen-bond acceptors (Lipinski definition) is 2. The number of rotatable bonds is 0. The standard InChI is InChI=1S/C6H4Br2.CHNS/c7-5-1-2-6(8)4-3-5;2-1-3/h1-4H;2H. The first-order valence-corrected chi connectivity index (χ1v) is 4.65. The van der Waals surface area contributed by atoms with E-state index < -0.39 is 0 Å². The molecule has 0 radical (unpaired) electrons. The fourth-order valence-electron chi connectivity index (χ4n) is 0.430. The average Bonchev–Trinajstić information content (AvgIpc) is 1.97. The van der Waals surface area contributed by atoms with Gasteiger partial charge in [0.2, 0.25) is 0 Å². The molecule has 0 bridgehead atoms. The van der Waals surface area contributed by atoms with Crippen LogP contribution < -0.4 is 0 Å². The van der Waals surface area contributed by atoms with Crippen LogP contribution in [0.5, 0.6) is 0 Å². The summed E-state index contributed by atoms with van der Waals surface area (Å²) >= 11 is 10.5. The summed E-state index contributed by atoms with van der Waals surface area (Å²) in [6.07, 6.45) is 0.